The van der Waals surface area contributed by atoms with Gasteiger partial charge in [-0.3, -0.25) is 9.59 Å². The van der Waals surface area contributed by atoms with Crippen LogP contribution in [0.5, 0.6) is 5.75 Å². The molecule has 1 amide bonds. The molecule has 2 aromatic rings. The molecule has 0 spiro atoms. The number of amides is 1. The van der Waals surface area contributed by atoms with E-state index in [9.17, 15) is 9.59 Å². The molecule has 1 unspecified atom stereocenters. The molecule has 5 heteroatoms. The van der Waals surface area contributed by atoms with Gasteiger partial charge in [0.2, 0.25) is 0 Å². The fourth-order valence-corrected chi connectivity index (χ4v) is 3.66. The lowest BCUT2D eigenvalue weighted by Crippen LogP contribution is -2.37. The normalized spacial score (nSPS) is 17.0. The predicted molar refractivity (Wildman–Crippen MR) is 97.2 cm³/mol. The Balaban J connectivity index is 2.03. The summed E-state index contributed by atoms with van der Waals surface area (Å²) in [5.41, 5.74) is 2.62. The third-order valence-electron chi connectivity index (χ3n) is 5.09. The Morgan fingerprint density at radius 1 is 1.24 bits per heavy atom. The summed E-state index contributed by atoms with van der Waals surface area (Å²) in [7, 11) is 3.34. The summed E-state index contributed by atoms with van der Waals surface area (Å²) in [6.45, 7) is 4.35. The number of hydrogen-bond donors (Lipinski definition) is 0. The second-order valence-electron chi connectivity index (χ2n) is 6.61. The zero-order valence-electron chi connectivity index (χ0n) is 15.2. The maximum atomic E-state index is 13.2. The van der Waals surface area contributed by atoms with Gasteiger partial charge in [0.05, 0.1) is 13.2 Å². The average molecular weight is 340 g/mol. The van der Waals surface area contributed by atoms with Gasteiger partial charge in [-0.15, -0.1) is 0 Å². The second-order valence-corrected chi connectivity index (χ2v) is 6.61. The van der Waals surface area contributed by atoms with Gasteiger partial charge >= 0.3 is 0 Å². The van der Waals surface area contributed by atoms with Crippen molar-refractivity contribution in [2.45, 2.75) is 32.7 Å². The van der Waals surface area contributed by atoms with Gasteiger partial charge in [0.1, 0.15) is 11.3 Å². The lowest BCUT2D eigenvalue weighted by molar-refractivity contribution is 0.0731. The molecule has 132 valence electrons. The largest absolute Gasteiger partial charge is 0.496 e. The van der Waals surface area contributed by atoms with E-state index in [1.807, 2.05) is 49.1 Å². The number of hydrogen-bond acceptors (Lipinski definition) is 3. The van der Waals surface area contributed by atoms with E-state index in [0.717, 1.165) is 35.4 Å². The summed E-state index contributed by atoms with van der Waals surface area (Å²) >= 11 is 0. The number of ether oxygens (including phenoxy) is 1. The molecule has 1 fully saturated rings. The van der Waals surface area contributed by atoms with Crippen LogP contribution in [0, 0.1) is 13.8 Å². The van der Waals surface area contributed by atoms with E-state index in [1.54, 1.807) is 14.2 Å². The molecule has 3 rings (SSSR count). The number of nitrogens with zero attached hydrogens (tertiary/aromatic N) is 2. The van der Waals surface area contributed by atoms with E-state index in [1.165, 1.54) is 4.57 Å². The van der Waals surface area contributed by atoms with Crippen LogP contribution in [-0.2, 0) is 7.05 Å². The number of carbonyl (C=O) groups is 1. The van der Waals surface area contributed by atoms with Gasteiger partial charge < -0.3 is 14.2 Å². The number of rotatable bonds is 3. The molecule has 1 aliphatic heterocycles. The SMILES string of the molecule is COc1ccccc1C1CCCN1C(=O)c1c(C)cc(C)n(C)c1=O. The van der Waals surface area contributed by atoms with Gasteiger partial charge in [-0.05, 0) is 44.4 Å². The van der Waals surface area contributed by atoms with Crippen molar-refractivity contribution in [2.75, 3.05) is 13.7 Å². The summed E-state index contributed by atoms with van der Waals surface area (Å²) in [5.74, 6) is 0.590. The molecule has 1 aromatic heterocycles. The number of aryl methyl sites for hydroxylation is 2. The van der Waals surface area contributed by atoms with Gasteiger partial charge in [0, 0.05) is 24.8 Å². The standard InChI is InChI=1S/C20H24N2O3/c1-13-12-14(2)21(3)19(23)18(13)20(24)22-11-7-9-16(22)15-8-5-6-10-17(15)25-4/h5-6,8,10,12,16H,7,9,11H2,1-4H3. The van der Waals surface area contributed by atoms with Crippen molar-refractivity contribution in [1.82, 2.24) is 9.47 Å². The number of para-hydroxylation sites is 1. The molecule has 1 aliphatic rings. The van der Waals surface area contributed by atoms with E-state index in [-0.39, 0.29) is 23.1 Å². The first-order valence-corrected chi connectivity index (χ1v) is 8.56. The highest BCUT2D eigenvalue weighted by Gasteiger charge is 2.34. The third kappa shape index (κ3) is 2.95. The molecular weight excluding hydrogens is 316 g/mol. The third-order valence-corrected chi connectivity index (χ3v) is 5.09. The number of methoxy groups -OCH3 is 1. The van der Waals surface area contributed by atoms with E-state index >= 15 is 0 Å². The van der Waals surface area contributed by atoms with E-state index in [0.29, 0.717) is 6.54 Å². The first-order chi connectivity index (χ1) is 12.0. The molecule has 1 atom stereocenters. The summed E-state index contributed by atoms with van der Waals surface area (Å²) in [6.07, 6.45) is 1.79. The van der Waals surface area contributed by atoms with Crippen LogP contribution in [0.25, 0.3) is 0 Å². The van der Waals surface area contributed by atoms with Crippen LogP contribution < -0.4 is 10.3 Å². The number of carbonyl (C=O) groups excluding carboxylic acids is 1. The highest BCUT2D eigenvalue weighted by atomic mass is 16.5. The Hall–Kier alpha value is -2.56. The highest BCUT2D eigenvalue weighted by Crippen LogP contribution is 2.37. The fourth-order valence-electron chi connectivity index (χ4n) is 3.66. The van der Waals surface area contributed by atoms with Gasteiger partial charge in [-0.1, -0.05) is 18.2 Å². The number of benzene rings is 1. The van der Waals surface area contributed by atoms with Crippen molar-refractivity contribution >= 4 is 5.91 Å². The van der Waals surface area contributed by atoms with E-state index < -0.39 is 0 Å². The maximum absolute atomic E-state index is 13.2. The molecular formula is C20H24N2O3. The van der Waals surface area contributed by atoms with Crippen LogP contribution in [0.1, 0.15) is 46.1 Å². The molecule has 25 heavy (non-hydrogen) atoms. The number of likely N-dealkylation sites (tertiary alicyclic amines) is 1. The fraction of sp³-hybridized carbons (Fsp3) is 0.400. The van der Waals surface area contributed by atoms with Gasteiger partial charge in [0.25, 0.3) is 11.5 Å². The molecule has 1 saturated heterocycles. The smallest absolute Gasteiger partial charge is 0.263 e. The van der Waals surface area contributed by atoms with Gasteiger partial charge in [0.15, 0.2) is 0 Å². The van der Waals surface area contributed by atoms with Crippen molar-refractivity contribution in [3.63, 3.8) is 0 Å². The average Bonchev–Trinajstić information content (AvgIpc) is 3.09. The Morgan fingerprint density at radius 3 is 2.68 bits per heavy atom. The molecule has 0 N–H and O–H groups in total. The van der Waals surface area contributed by atoms with Crippen molar-refractivity contribution in [3.8, 4) is 5.75 Å². The first-order valence-electron chi connectivity index (χ1n) is 8.56. The summed E-state index contributed by atoms with van der Waals surface area (Å²) < 4.78 is 7.01. The van der Waals surface area contributed by atoms with Crippen LogP contribution in [0.2, 0.25) is 0 Å². The van der Waals surface area contributed by atoms with E-state index in [4.69, 9.17) is 4.74 Å². The molecule has 0 bridgehead atoms. The lowest BCUT2D eigenvalue weighted by Gasteiger charge is -2.27. The zero-order chi connectivity index (χ0) is 18.1. The van der Waals surface area contributed by atoms with Gasteiger partial charge in [-0.2, -0.15) is 0 Å². The summed E-state index contributed by atoms with van der Waals surface area (Å²) in [4.78, 5) is 27.7. The molecule has 5 nitrogen and oxygen atoms in total. The Labute approximate surface area is 147 Å². The minimum absolute atomic E-state index is 0.0611. The van der Waals surface area contributed by atoms with Crippen molar-refractivity contribution in [1.29, 1.82) is 0 Å². The van der Waals surface area contributed by atoms with Crippen LogP contribution in [-0.4, -0.2) is 29.0 Å². The molecule has 0 aliphatic carbocycles. The highest BCUT2D eigenvalue weighted by molar-refractivity contribution is 5.95. The Kier molecular flexibility index (Phi) is 4.66. The maximum Gasteiger partial charge on any atom is 0.263 e. The van der Waals surface area contributed by atoms with Crippen LogP contribution in [0.4, 0.5) is 0 Å². The quantitative estimate of drug-likeness (QED) is 0.863. The summed E-state index contributed by atoms with van der Waals surface area (Å²) in [5, 5.41) is 0. The minimum Gasteiger partial charge on any atom is -0.496 e. The van der Waals surface area contributed by atoms with Crippen LogP contribution in [0.3, 0.4) is 0 Å². The number of aromatic nitrogens is 1. The molecule has 1 aromatic carbocycles. The zero-order valence-corrected chi connectivity index (χ0v) is 15.2. The van der Waals surface area contributed by atoms with Crippen LogP contribution in [0.15, 0.2) is 35.1 Å². The van der Waals surface area contributed by atoms with Crippen molar-refractivity contribution < 1.29 is 9.53 Å². The summed E-state index contributed by atoms with van der Waals surface area (Å²) in [6, 6.07) is 9.61. The molecule has 2 heterocycles. The Bertz CT molecular complexity index is 870. The number of pyridine rings is 1. The van der Waals surface area contributed by atoms with E-state index in [2.05, 4.69) is 0 Å². The van der Waals surface area contributed by atoms with Crippen molar-refractivity contribution in [3.05, 3.63) is 63.1 Å². The first kappa shape index (κ1) is 17.3. The molecule has 0 radical (unpaired) electrons. The van der Waals surface area contributed by atoms with Crippen molar-refractivity contribution in [2.24, 2.45) is 7.05 Å². The monoisotopic (exact) mass is 340 g/mol. The lowest BCUT2D eigenvalue weighted by atomic mass is 10.0. The second kappa shape index (κ2) is 6.75. The minimum atomic E-state index is -0.229. The topological polar surface area (TPSA) is 51.5 Å². The predicted octanol–water partition coefficient (Wildman–Crippen LogP) is 2.99. The Morgan fingerprint density at radius 2 is 1.96 bits per heavy atom. The van der Waals surface area contributed by atoms with Gasteiger partial charge in [-0.25, -0.2) is 0 Å². The van der Waals surface area contributed by atoms with Crippen LogP contribution >= 0.6 is 0 Å². The molecule has 0 saturated carbocycles.